The molecule has 2 aromatic rings. The lowest BCUT2D eigenvalue weighted by atomic mass is 10.0. The lowest BCUT2D eigenvalue weighted by Gasteiger charge is -2.15. The van der Waals surface area contributed by atoms with E-state index in [-0.39, 0.29) is 11.6 Å². The van der Waals surface area contributed by atoms with Crippen LogP contribution >= 0.6 is 0 Å². The van der Waals surface area contributed by atoms with E-state index < -0.39 is 17.9 Å². The third-order valence-electron chi connectivity index (χ3n) is 3.24. The third kappa shape index (κ3) is 3.39. The fourth-order valence-electron chi connectivity index (χ4n) is 2.18. The van der Waals surface area contributed by atoms with E-state index >= 15 is 0 Å². The highest BCUT2D eigenvalue weighted by molar-refractivity contribution is 5.95. The number of fused-ring (bicyclic) bond motifs is 1. The van der Waals surface area contributed by atoms with Crippen molar-refractivity contribution in [2.24, 2.45) is 5.92 Å². The molecule has 0 aromatic carbocycles. The second kappa shape index (κ2) is 5.95. The van der Waals surface area contributed by atoms with Gasteiger partial charge in [0.25, 0.3) is 5.91 Å². The predicted octanol–water partition coefficient (Wildman–Crippen LogP) is 1.87. The lowest BCUT2D eigenvalue weighted by Crippen LogP contribution is -2.41. The molecule has 0 radical (unpaired) electrons. The van der Waals surface area contributed by atoms with E-state index in [9.17, 15) is 9.59 Å². The van der Waals surface area contributed by atoms with Gasteiger partial charge in [0.15, 0.2) is 0 Å². The quantitative estimate of drug-likeness (QED) is 0.880. The highest BCUT2D eigenvalue weighted by Crippen LogP contribution is 2.10. The maximum absolute atomic E-state index is 12.2. The Hall–Kier alpha value is -2.37. The predicted molar refractivity (Wildman–Crippen MR) is 78.3 cm³/mol. The van der Waals surface area contributed by atoms with Crippen molar-refractivity contribution in [3.8, 4) is 0 Å². The molecule has 1 atom stereocenters. The van der Waals surface area contributed by atoms with Crippen molar-refractivity contribution in [1.29, 1.82) is 0 Å². The number of pyridine rings is 1. The van der Waals surface area contributed by atoms with Crippen LogP contribution in [0.25, 0.3) is 5.65 Å². The molecule has 0 fully saturated rings. The average molecular weight is 289 g/mol. The van der Waals surface area contributed by atoms with Crippen molar-refractivity contribution in [2.45, 2.75) is 33.2 Å². The number of carbonyl (C=O) groups is 2. The molecule has 2 N–H and O–H groups in total. The van der Waals surface area contributed by atoms with Crippen LogP contribution < -0.4 is 5.32 Å². The summed E-state index contributed by atoms with van der Waals surface area (Å²) < 4.78 is 1.80. The number of carboxylic acid groups (broad SMARTS) is 1. The molecule has 0 saturated carbocycles. The van der Waals surface area contributed by atoms with Crippen molar-refractivity contribution < 1.29 is 14.7 Å². The standard InChI is InChI=1S/C15H19N3O3/c1-9(2)7-11(15(20)21)17-14(19)12-8-18-10(3)5-4-6-13(18)16-12/h4-6,8-9,11H,7H2,1-3H3,(H,17,19)(H,20,21). The number of hydrogen-bond acceptors (Lipinski definition) is 3. The molecular weight excluding hydrogens is 270 g/mol. The van der Waals surface area contributed by atoms with Gasteiger partial charge in [0.2, 0.25) is 0 Å². The van der Waals surface area contributed by atoms with E-state index in [1.807, 2.05) is 32.9 Å². The summed E-state index contributed by atoms with van der Waals surface area (Å²) in [6, 6.07) is 4.67. The van der Waals surface area contributed by atoms with Crippen LogP contribution in [-0.2, 0) is 4.79 Å². The Kier molecular flexibility index (Phi) is 4.26. The first-order valence-electron chi connectivity index (χ1n) is 6.87. The zero-order valence-corrected chi connectivity index (χ0v) is 12.3. The average Bonchev–Trinajstić information content (AvgIpc) is 2.82. The van der Waals surface area contributed by atoms with Crippen LogP contribution in [0.15, 0.2) is 24.4 Å². The summed E-state index contributed by atoms with van der Waals surface area (Å²) in [5, 5.41) is 11.7. The maximum atomic E-state index is 12.2. The molecule has 6 heteroatoms. The molecule has 1 amide bonds. The molecule has 1 unspecified atom stereocenters. The van der Waals surface area contributed by atoms with Gasteiger partial charge in [-0.15, -0.1) is 0 Å². The monoisotopic (exact) mass is 289 g/mol. The molecule has 6 nitrogen and oxygen atoms in total. The Labute approximate surface area is 122 Å². The van der Waals surface area contributed by atoms with Gasteiger partial charge in [-0.3, -0.25) is 4.79 Å². The van der Waals surface area contributed by atoms with Crippen LogP contribution in [0.4, 0.5) is 0 Å². The second-order valence-corrected chi connectivity index (χ2v) is 5.52. The fraction of sp³-hybridized carbons (Fsp3) is 0.400. The van der Waals surface area contributed by atoms with E-state index in [1.54, 1.807) is 16.7 Å². The van der Waals surface area contributed by atoms with Gasteiger partial charge in [-0.1, -0.05) is 19.9 Å². The molecule has 2 heterocycles. The summed E-state index contributed by atoms with van der Waals surface area (Å²) >= 11 is 0. The van der Waals surface area contributed by atoms with E-state index in [4.69, 9.17) is 5.11 Å². The minimum absolute atomic E-state index is 0.176. The molecule has 0 saturated heterocycles. The molecule has 0 aliphatic carbocycles. The minimum Gasteiger partial charge on any atom is -0.480 e. The van der Waals surface area contributed by atoms with Crippen molar-refractivity contribution in [2.75, 3.05) is 0 Å². The van der Waals surface area contributed by atoms with Gasteiger partial charge < -0.3 is 14.8 Å². The van der Waals surface area contributed by atoms with E-state index in [1.165, 1.54) is 0 Å². The van der Waals surface area contributed by atoms with Gasteiger partial charge in [0.1, 0.15) is 17.4 Å². The zero-order valence-electron chi connectivity index (χ0n) is 12.3. The normalized spacial score (nSPS) is 12.6. The molecule has 0 bridgehead atoms. The number of nitrogens with one attached hydrogen (secondary N) is 1. The van der Waals surface area contributed by atoms with Crippen LogP contribution in [0.2, 0.25) is 0 Å². The first kappa shape index (κ1) is 15.0. The van der Waals surface area contributed by atoms with Gasteiger partial charge in [-0.2, -0.15) is 0 Å². The number of carbonyl (C=O) groups excluding carboxylic acids is 1. The summed E-state index contributed by atoms with van der Waals surface area (Å²) in [6.07, 6.45) is 2.00. The first-order chi connectivity index (χ1) is 9.88. The molecule has 21 heavy (non-hydrogen) atoms. The molecule has 112 valence electrons. The van der Waals surface area contributed by atoms with Gasteiger partial charge in [-0.05, 0) is 31.4 Å². The highest BCUT2D eigenvalue weighted by atomic mass is 16.4. The summed E-state index contributed by atoms with van der Waals surface area (Å²) in [4.78, 5) is 27.6. The van der Waals surface area contributed by atoms with Gasteiger partial charge >= 0.3 is 5.97 Å². The number of aliphatic carboxylic acids is 1. The number of amides is 1. The number of rotatable bonds is 5. The van der Waals surface area contributed by atoms with Crippen molar-refractivity contribution in [3.05, 3.63) is 35.8 Å². The van der Waals surface area contributed by atoms with E-state index in [0.717, 1.165) is 5.69 Å². The van der Waals surface area contributed by atoms with Crippen molar-refractivity contribution in [3.63, 3.8) is 0 Å². The van der Waals surface area contributed by atoms with Crippen molar-refractivity contribution >= 4 is 17.5 Å². The van der Waals surface area contributed by atoms with Gasteiger partial charge in [-0.25, -0.2) is 9.78 Å². The fourth-order valence-corrected chi connectivity index (χ4v) is 2.18. The van der Waals surface area contributed by atoms with Crippen LogP contribution in [-0.4, -0.2) is 32.4 Å². The summed E-state index contributed by atoms with van der Waals surface area (Å²) in [7, 11) is 0. The first-order valence-corrected chi connectivity index (χ1v) is 6.87. The van der Waals surface area contributed by atoms with Crippen LogP contribution in [0.3, 0.4) is 0 Å². The van der Waals surface area contributed by atoms with Crippen LogP contribution in [0, 0.1) is 12.8 Å². The van der Waals surface area contributed by atoms with Crippen LogP contribution in [0.5, 0.6) is 0 Å². The topological polar surface area (TPSA) is 83.7 Å². The number of aromatic nitrogens is 2. The second-order valence-electron chi connectivity index (χ2n) is 5.52. The number of hydrogen-bond donors (Lipinski definition) is 2. The number of nitrogens with zero attached hydrogens (tertiary/aromatic N) is 2. The van der Waals surface area contributed by atoms with E-state index in [0.29, 0.717) is 12.1 Å². The molecule has 2 rings (SSSR count). The van der Waals surface area contributed by atoms with E-state index in [2.05, 4.69) is 10.3 Å². The zero-order chi connectivity index (χ0) is 15.6. The number of imidazole rings is 1. The third-order valence-corrected chi connectivity index (χ3v) is 3.24. The van der Waals surface area contributed by atoms with Gasteiger partial charge in [0.05, 0.1) is 0 Å². The minimum atomic E-state index is -1.03. The number of carboxylic acids is 1. The molecule has 0 spiro atoms. The summed E-state index contributed by atoms with van der Waals surface area (Å²) in [5.41, 5.74) is 1.84. The molecular formula is C15H19N3O3. The molecule has 0 aliphatic heterocycles. The Morgan fingerprint density at radius 3 is 2.67 bits per heavy atom. The largest absolute Gasteiger partial charge is 0.480 e. The Morgan fingerprint density at radius 1 is 1.38 bits per heavy atom. The summed E-state index contributed by atoms with van der Waals surface area (Å²) in [5.74, 6) is -1.32. The number of aryl methyl sites for hydroxylation is 1. The van der Waals surface area contributed by atoms with Crippen molar-refractivity contribution in [1.82, 2.24) is 14.7 Å². The highest BCUT2D eigenvalue weighted by Gasteiger charge is 2.23. The van der Waals surface area contributed by atoms with Gasteiger partial charge in [0, 0.05) is 11.9 Å². The smallest absolute Gasteiger partial charge is 0.326 e. The van der Waals surface area contributed by atoms with Crippen LogP contribution in [0.1, 0.15) is 36.5 Å². The lowest BCUT2D eigenvalue weighted by molar-refractivity contribution is -0.139. The SMILES string of the molecule is Cc1cccc2nc(C(=O)NC(CC(C)C)C(=O)O)cn12. The Balaban J connectivity index is 2.21. The Morgan fingerprint density at radius 2 is 2.10 bits per heavy atom. The maximum Gasteiger partial charge on any atom is 0.326 e. The molecule has 2 aromatic heterocycles. The Bertz CT molecular complexity index is 676. The molecule has 0 aliphatic rings. The summed E-state index contributed by atoms with van der Waals surface area (Å²) in [6.45, 7) is 5.74.